The summed E-state index contributed by atoms with van der Waals surface area (Å²) in [4.78, 5) is 26.7. The van der Waals surface area contributed by atoms with Crippen LogP contribution in [-0.2, 0) is 0 Å². The minimum atomic E-state index is -0.0408. The molecule has 0 saturated carbocycles. The van der Waals surface area contributed by atoms with Crippen molar-refractivity contribution >= 4 is 38.8 Å². The molecule has 1 N–H and O–H groups in total. The van der Waals surface area contributed by atoms with E-state index in [0.717, 1.165) is 32.2 Å². The number of nitrogens with zero attached hydrogens (tertiary/aromatic N) is 3. The molecule has 0 bridgehead atoms. The van der Waals surface area contributed by atoms with Crippen molar-refractivity contribution in [2.45, 2.75) is 26.8 Å². The summed E-state index contributed by atoms with van der Waals surface area (Å²) in [6.45, 7) is 6.40. The van der Waals surface area contributed by atoms with Crippen LogP contribution in [0.25, 0.3) is 10.2 Å². The Balaban J connectivity index is 1.83. The number of hydrogen-bond donors (Lipinski definition) is 1. The number of amides is 1. The van der Waals surface area contributed by atoms with Gasteiger partial charge in [-0.25, -0.2) is 9.97 Å². The fourth-order valence-electron chi connectivity index (χ4n) is 2.98. The van der Waals surface area contributed by atoms with Crippen molar-refractivity contribution in [1.82, 2.24) is 20.2 Å². The van der Waals surface area contributed by atoms with E-state index in [-0.39, 0.29) is 11.9 Å². The summed E-state index contributed by atoms with van der Waals surface area (Å²) in [5.74, 6) is 0.699. The van der Waals surface area contributed by atoms with E-state index < -0.39 is 0 Å². The highest BCUT2D eigenvalue weighted by Crippen LogP contribution is 2.31. The van der Waals surface area contributed by atoms with Crippen LogP contribution in [-0.4, -0.2) is 41.4 Å². The predicted molar refractivity (Wildman–Crippen MR) is 105 cm³/mol. The van der Waals surface area contributed by atoms with Gasteiger partial charge in [-0.1, -0.05) is 6.07 Å². The van der Waals surface area contributed by atoms with Crippen molar-refractivity contribution in [3.63, 3.8) is 0 Å². The van der Waals surface area contributed by atoms with Crippen molar-refractivity contribution in [3.05, 3.63) is 44.3 Å². The first-order valence-corrected chi connectivity index (χ1v) is 9.80. The number of likely N-dealkylation sites (N-methyl/N-ethyl adjacent to an activating group) is 1. The molecule has 1 unspecified atom stereocenters. The Morgan fingerprint density at radius 1 is 1.28 bits per heavy atom. The van der Waals surface area contributed by atoms with Crippen LogP contribution >= 0.6 is 22.7 Å². The topological polar surface area (TPSA) is 58.1 Å². The maximum Gasteiger partial charge on any atom is 0.261 e. The van der Waals surface area contributed by atoms with E-state index in [1.165, 1.54) is 16.2 Å². The maximum absolute atomic E-state index is 12.8. The molecule has 0 aliphatic carbocycles. The van der Waals surface area contributed by atoms with Gasteiger partial charge < -0.3 is 10.2 Å². The first-order chi connectivity index (χ1) is 11.9. The zero-order valence-corrected chi connectivity index (χ0v) is 16.7. The van der Waals surface area contributed by atoms with Crippen LogP contribution < -0.4 is 5.32 Å². The quantitative estimate of drug-likeness (QED) is 0.740. The van der Waals surface area contributed by atoms with E-state index in [2.05, 4.69) is 31.6 Å². The van der Waals surface area contributed by atoms with Gasteiger partial charge >= 0.3 is 0 Å². The summed E-state index contributed by atoms with van der Waals surface area (Å²) >= 11 is 3.15. The van der Waals surface area contributed by atoms with Gasteiger partial charge in [-0.15, -0.1) is 22.7 Å². The molecule has 3 aromatic rings. The van der Waals surface area contributed by atoms with E-state index in [1.54, 1.807) is 11.3 Å². The van der Waals surface area contributed by atoms with Gasteiger partial charge in [-0.05, 0) is 51.9 Å². The zero-order valence-electron chi connectivity index (χ0n) is 15.1. The molecule has 0 aliphatic rings. The Hall–Kier alpha value is -1.83. The number of hydrogen-bond acceptors (Lipinski definition) is 6. The third kappa shape index (κ3) is 3.58. The van der Waals surface area contributed by atoms with Crippen molar-refractivity contribution in [2.75, 3.05) is 20.6 Å². The molecular weight excluding hydrogens is 352 g/mol. The largest absolute Gasteiger partial charge is 0.349 e. The lowest BCUT2D eigenvalue weighted by molar-refractivity contribution is 0.0946. The first-order valence-electron chi connectivity index (χ1n) is 8.11. The van der Waals surface area contributed by atoms with E-state index in [1.807, 2.05) is 40.9 Å². The van der Waals surface area contributed by atoms with E-state index >= 15 is 0 Å². The second kappa shape index (κ2) is 7.19. The normalized spacial score (nSPS) is 12.7. The lowest BCUT2D eigenvalue weighted by Crippen LogP contribution is -2.34. The Bertz CT molecular complexity index is 900. The number of carbonyl (C=O) groups is 1. The molecule has 3 aromatic heterocycles. The van der Waals surface area contributed by atoms with Gasteiger partial charge in [0.25, 0.3) is 5.91 Å². The molecule has 3 rings (SSSR count). The van der Waals surface area contributed by atoms with Crippen LogP contribution in [0.5, 0.6) is 0 Å². The summed E-state index contributed by atoms with van der Waals surface area (Å²) in [7, 11) is 4.06. The fraction of sp³-hybridized carbons (Fsp3) is 0.389. The standard InChI is InChI=1S/C18H22N4OS2/c1-10-15-11(2)20-12(3)21-18(15)25-16(10)17(23)19-9-13(22(4)5)14-7-6-8-24-14/h6-8,13H,9H2,1-5H3,(H,19,23). The smallest absolute Gasteiger partial charge is 0.261 e. The minimum Gasteiger partial charge on any atom is -0.349 e. The monoisotopic (exact) mass is 374 g/mol. The van der Waals surface area contributed by atoms with Crippen LogP contribution in [0.2, 0.25) is 0 Å². The first kappa shape index (κ1) is 18.0. The second-order valence-corrected chi connectivity index (χ2v) is 8.28. The van der Waals surface area contributed by atoms with Gasteiger partial charge in [-0.3, -0.25) is 4.79 Å². The Labute approximate surface area is 155 Å². The molecule has 7 heteroatoms. The van der Waals surface area contributed by atoms with E-state index in [0.29, 0.717) is 6.54 Å². The molecule has 0 spiro atoms. The number of aryl methyl sites for hydroxylation is 3. The summed E-state index contributed by atoms with van der Waals surface area (Å²) in [6.07, 6.45) is 0. The number of carbonyl (C=O) groups excluding carboxylic acids is 1. The van der Waals surface area contributed by atoms with Crippen LogP contribution in [0.3, 0.4) is 0 Å². The minimum absolute atomic E-state index is 0.0408. The Kier molecular flexibility index (Phi) is 5.17. The molecule has 5 nitrogen and oxygen atoms in total. The van der Waals surface area contributed by atoms with Gasteiger partial charge in [0.2, 0.25) is 0 Å². The summed E-state index contributed by atoms with van der Waals surface area (Å²) in [6, 6.07) is 4.31. The summed E-state index contributed by atoms with van der Waals surface area (Å²) < 4.78 is 0. The van der Waals surface area contributed by atoms with Gasteiger partial charge in [0.05, 0.1) is 10.9 Å². The van der Waals surface area contributed by atoms with Crippen LogP contribution in [0.4, 0.5) is 0 Å². The van der Waals surface area contributed by atoms with Gasteiger partial charge in [0.15, 0.2) is 0 Å². The Morgan fingerprint density at radius 3 is 2.68 bits per heavy atom. The van der Waals surface area contributed by atoms with Gasteiger partial charge in [-0.2, -0.15) is 0 Å². The highest BCUT2D eigenvalue weighted by Gasteiger charge is 2.21. The molecular formula is C18H22N4OS2. The van der Waals surface area contributed by atoms with Crippen molar-refractivity contribution in [2.24, 2.45) is 0 Å². The summed E-state index contributed by atoms with van der Waals surface area (Å²) in [5.41, 5.74) is 1.90. The number of aromatic nitrogens is 2. The molecule has 25 heavy (non-hydrogen) atoms. The fourth-order valence-corrected chi connectivity index (χ4v) is 5.10. The number of nitrogens with one attached hydrogen (secondary N) is 1. The van der Waals surface area contributed by atoms with Crippen molar-refractivity contribution in [3.8, 4) is 0 Å². The average molecular weight is 375 g/mol. The number of fused-ring (bicyclic) bond motifs is 1. The average Bonchev–Trinajstić information content (AvgIpc) is 3.15. The maximum atomic E-state index is 12.8. The predicted octanol–water partition coefficient (Wildman–Crippen LogP) is 3.71. The van der Waals surface area contributed by atoms with Gasteiger partial charge in [0.1, 0.15) is 10.7 Å². The van der Waals surface area contributed by atoms with Gasteiger partial charge in [0, 0.05) is 22.5 Å². The van der Waals surface area contributed by atoms with E-state index in [9.17, 15) is 4.79 Å². The zero-order chi connectivity index (χ0) is 18.1. The van der Waals surface area contributed by atoms with Crippen LogP contribution in [0, 0.1) is 20.8 Å². The molecule has 1 atom stereocenters. The highest BCUT2D eigenvalue weighted by molar-refractivity contribution is 7.20. The molecule has 1 amide bonds. The molecule has 0 radical (unpaired) electrons. The molecule has 3 heterocycles. The van der Waals surface area contributed by atoms with Crippen molar-refractivity contribution in [1.29, 1.82) is 0 Å². The van der Waals surface area contributed by atoms with Crippen molar-refractivity contribution < 1.29 is 4.79 Å². The highest BCUT2D eigenvalue weighted by atomic mass is 32.1. The number of thiophene rings is 2. The lowest BCUT2D eigenvalue weighted by Gasteiger charge is -2.23. The molecule has 0 saturated heterocycles. The third-order valence-electron chi connectivity index (χ3n) is 4.24. The van der Waals surface area contributed by atoms with Crippen LogP contribution in [0.1, 0.15) is 37.7 Å². The van der Waals surface area contributed by atoms with E-state index in [4.69, 9.17) is 0 Å². The lowest BCUT2D eigenvalue weighted by atomic mass is 10.1. The second-order valence-electron chi connectivity index (χ2n) is 6.30. The molecule has 0 aliphatic heterocycles. The molecule has 132 valence electrons. The van der Waals surface area contributed by atoms with Crippen LogP contribution in [0.15, 0.2) is 17.5 Å². The third-order valence-corrected chi connectivity index (χ3v) is 6.40. The SMILES string of the molecule is Cc1nc(C)c2c(C)c(C(=O)NCC(c3cccs3)N(C)C)sc2n1. The Morgan fingerprint density at radius 2 is 2.04 bits per heavy atom. The molecule has 0 aromatic carbocycles. The molecule has 0 fully saturated rings. The summed E-state index contributed by atoms with van der Waals surface area (Å²) in [5, 5.41) is 6.16. The number of rotatable bonds is 5.